The van der Waals surface area contributed by atoms with Gasteiger partial charge in [-0.1, -0.05) is 22.8 Å². The van der Waals surface area contributed by atoms with Gasteiger partial charge in [0.25, 0.3) is 5.91 Å². The molecule has 146 valence electrons. The highest BCUT2D eigenvalue weighted by Gasteiger charge is 2.21. The van der Waals surface area contributed by atoms with E-state index in [1.165, 1.54) is 22.9 Å². The van der Waals surface area contributed by atoms with Crippen LogP contribution in [-0.2, 0) is 17.9 Å². The molecule has 0 radical (unpaired) electrons. The predicted molar refractivity (Wildman–Crippen MR) is 103 cm³/mol. The van der Waals surface area contributed by atoms with E-state index in [1.54, 1.807) is 19.2 Å². The maximum absolute atomic E-state index is 13.9. The lowest BCUT2D eigenvalue weighted by atomic mass is 10.2. The van der Waals surface area contributed by atoms with Gasteiger partial charge in [0, 0.05) is 16.8 Å². The summed E-state index contributed by atoms with van der Waals surface area (Å²) in [4.78, 5) is 22.6. The van der Waals surface area contributed by atoms with Crippen molar-refractivity contribution in [3.63, 3.8) is 0 Å². The number of nitrogens with one attached hydrogen (secondary N) is 1. The topological polar surface area (TPSA) is 108 Å². The van der Waals surface area contributed by atoms with Gasteiger partial charge in [0.05, 0.1) is 22.8 Å². The maximum Gasteiger partial charge on any atom is 0.345 e. The average molecular weight is 472 g/mol. The smallest absolute Gasteiger partial charge is 0.345 e. The van der Waals surface area contributed by atoms with Crippen LogP contribution in [-0.4, -0.2) is 30.4 Å². The summed E-state index contributed by atoms with van der Waals surface area (Å²) in [5.41, 5.74) is 0.686. The minimum absolute atomic E-state index is 0.0593. The molecule has 28 heavy (non-hydrogen) atoms. The van der Waals surface area contributed by atoms with Gasteiger partial charge < -0.3 is 15.4 Å². The van der Waals surface area contributed by atoms with E-state index >= 15 is 0 Å². The van der Waals surface area contributed by atoms with Crippen molar-refractivity contribution in [2.45, 2.75) is 20.0 Å². The second kappa shape index (κ2) is 8.07. The van der Waals surface area contributed by atoms with Gasteiger partial charge in [-0.15, -0.1) is 4.68 Å². The molecule has 12 heteroatoms. The standard InChI is InChI=1S/C16H13BrClFN6O3/c1-9-5-15(25(27)28)24(21-9)8-14(26)20-16-11(17)7-23(22-16)6-10-12(18)3-2-4-13(10)19/h2-5,7H,6,8H2,1H3,(H,20,22,26). The van der Waals surface area contributed by atoms with Crippen LogP contribution in [0.25, 0.3) is 0 Å². The van der Waals surface area contributed by atoms with Gasteiger partial charge in [-0.3, -0.25) is 9.48 Å². The second-order valence-electron chi connectivity index (χ2n) is 5.83. The lowest BCUT2D eigenvalue weighted by Crippen LogP contribution is -2.21. The number of hydrogen-bond acceptors (Lipinski definition) is 5. The lowest BCUT2D eigenvalue weighted by Gasteiger charge is -2.06. The van der Waals surface area contributed by atoms with Gasteiger partial charge in [-0.25, -0.2) is 4.39 Å². The number of aromatic nitrogens is 4. The van der Waals surface area contributed by atoms with Gasteiger partial charge in [-0.05, 0) is 39.9 Å². The average Bonchev–Trinajstić information content (AvgIpc) is 3.13. The molecule has 0 fully saturated rings. The van der Waals surface area contributed by atoms with Crippen molar-refractivity contribution >= 4 is 45.1 Å². The Morgan fingerprint density at radius 1 is 1.43 bits per heavy atom. The molecule has 2 heterocycles. The molecule has 1 aromatic carbocycles. The van der Waals surface area contributed by atoms with Crippen molar-refractivity contribution in [3.05, 3.63) is 67.1 Å². The molecule has 0 atom stereocenters. The third-order valence-electron chi connectivity index (χ3n) is 3.72. The number of nitro groups is 1. The predicted octanol–water partition coefficient (Wildman–Crippen LogP) is 3.54. The monoisotopic (exact) mass is 470 g/mol. The lowest BCUT2D eigenvalue weighted by molar-refractivity contribution is -0.392. The van der Waals surface area contributed by atoms with E-state index in [0.717, 1.165) is 4.68 Å². The number of benzene rings is 1. The van der Waals surface area contributed by atoms with Gasteiger partial charge in [0.1, 0.15) is 5.82 Å². The number of carbonyl (C=O) groups excluding carboxylic acids is 1. The zero-order chi connectivity index (χ0) is 20.4. The van der Waals surface area contributed by atoms with Crippen LogP contribution in [0, 0.1) is 22.9 Å². The van der Waals surface area contributed by atoms with Crippen LogP contribution in [0.1, 0.15) is 11.3 Å². The van der Waals surface area contributed by atoms with Gasteiger partial charge >= 0.3 is 5.82 Å². The number of anilines is 1. The van der Waals surface area contributed by atoms with E-state index in [1.807, 2.05) is 0 Å². The summed E-state index contributed by atoms with van der Waals surface area (Å²) in [6.07, 6.45) is 1.55. The first-order valence-corrected chi connectivity index (χ1v) is 9.06. The molecule has 1 N–H and O–H groups in total. The quantitative estimate of drug-likeness (QED) is 0.437. The zero-order valence-corrected chi connectivity index (χ0v) is 16.7. The molecule has 0 aliphatic rings. The summed E-state index contributed by atoms with van der Waals surface area (Å²) < 4.78 is 16.8. The minimum atomic E-state index is -0.615. The SMILES string of the molecule is Cc1cc([N+](=O)[O-])n(CC(=O)Nc2nn(Cc3c(F)cccc3Cl)cc2Br)n1. The number of carbonyl (C=O) groups is 1. The Balaban J connectivity index is 1.73. The highest BCUT2D eigenvalue weighted by Crippen LogP contribution is 2.24. The molecule has 9 nitrogen and oxygen atoms in total. The van der Waals surface area contributed by atoms with Crippen LogP contribution in [0.2, 0.25) is 5.02 Å². The molecule has 2 aromatic heterocycles. The summed E-state index contributed by atoms with van der Waals surface area (Å²) in [6, 6.07) is 5.64. The number of nitrogens with zero attached hydrogens (tertiary/aromatic N) is 5. The third-order valence-corrected chi connectivity index (χ3v) is 4.65. The summed E-state index contributed by atoms with van der Waals surface area (Å²) in [5.74, 6) is -1.12. The third kappa shape index (κ3) is 4.37. The van der Waals surface area contributed by atoms with E-state index in [2.05, 4.69) is 31.4 Å². The maximum atomic E-state index is 13.9. The fourth-order valence-electron chi connectivity index (χ4n) is 2.51. The molecule has 3 rings (SSSR count). The number of aryl methyl sites for hydroxylation is 1. The Hall–Kier alpha value is -2.79. The van der Waals surface area contributed by atoms with E-state index < -0.39 is 16.6 Å². The molecule has 0 saturated heterocycles. The number of halogens is 3. The first kappa shape index (κ1) is 20.0. The van der Waals surface area contributed by atoms with Crippen molar-refractivity contribution in [1.82, 2.24) is 19.6 Å². The van der Waals surface area contributed by atoms with Crippen molar-refractivity contribution in [2.24, 2.45) is 0 Å². The molecule has 0 bridgehead atoms. The molecular weight excluding hydrogens is 459 g/mol. The molecule has 0 aliphatic carbocycles. The second-order valence-corrected chi connectivity index (χ2v) is 7.09. The van der Waals surface area contributed by atoms with Gasteiger partial charge in [0.2, 0.25) is 0 Å². The zero-order valence-electron chi connectivity index (χ0n) is 14.4. The molecule has 0 spiro atoms. The molecule has 0 unspecified atom stereocenters. The number of hydrogen-bond donors (Lipinski definition) is 1. The molecule has 0 saturated carbocycles. The Morgan fingerprint density at radius 2 is 2.18 bits per heavy atom. The minimum Gasteiger partial charge on any atom is -0.358 e. The van der Waals surface area contributed by atoms with Crippen LogP contribution in [0.5, 0.6) is 0 Å². The highest BCUT2D eigenvalue weighted by atomic mass is 79.9. The van der Waals surface area contributed by atoms with Crippen LogP contribution in [0.15, 0.2) is 34.9 Å². The fourth-order valence-corrected chi connectivity index (χ4v) is 3.15. The van der Waals surface area contributed by atoms with Crippen molar-refractivity contribution in [2.75, 3.05) is 5.32 Å². The first-order chi connectivity index (χ1) is 13.2. The van der Waals surface area contributed by atoms with E-state index in [4.69, 9.17) is 11.6 Å². The molecule has 1 amide bonds. The summed E-state index contributed by atoms with van der Waals surface area (Å²) in [7, 11) is 0. The molecule has 3 aromatic rings. The summed E-state index contributed by atoms with van der Waals surface area (Å²) >= 11 is 9.28. The Kier molecular flexibility index (Phi) is 5.75. The van der Waals surface area contributed by atoms with E-state index in [-0.39, 0.29) is 35.3 Å². The highest BCUT2D eigenvalue weighted by molar-refractivity contribution is 9.10. The molecule has 0 aliphatic heterocycles. The number of amides is 1. The Morgan fingerprint density at radius 3 is 2.86 bits per heavy atom. The van der Waals surface area contributed by atoms with Gasteiger partial charge in [0.15, 0.2) is 12.4 Å². The van der Waals surface area contributed by atoms with Crippen LogP contribution in [0.4, 0.5) is 16.0 Å². The van der Waals surface area contributed by atoms with Crippen molar-refractivity contribution < 1.29 is 14.1 Å². The summed E-state index contributed by atoms with van der Waals surface area (Å²) in [6.45, 7) is 1.29. The van der Waals surface area contributed by atoms with Crippen molar-refractivity contribution in [1.29, 1.82) is 0 Å². The largest absolute Gasteiger partial charge is 0.358 e. The number of rotatable bonds is 6. The van der Waals surface area contributed by atoms with Gasteiger partial charge in [-0.2, -0.15) is 5.10 Å². The fraction of sp³-hybridized carbons (Fsp3) is 0.188. The van der Waals surface area contributed by atoms with Crippen LogP contribution >= 0.6 is 27.5 Å². The Labute approximate surface area is 171 Å². The van der Waals surface area contributed by atoms with Crippen LogP contribution in [0.3, 0.4) is 0 Å². The van der Waals surface area contributed by atoms with E-state index in [9.17, 15) is 19.3 Å². The normalized spacial score (nSPS) is 10.9. The first-order valence-electron chi connectivity index (χ1n) is 7.89. The van der Waals surface area contributed by atoms with E-state index in [0.29, 0.717) is 10.2 Å². The van der Waals surface area contributed by atoms with Crippen LogP contribution < -0.4 is 5.32 Å². The summed E-state index contributed by atoms with van der Waals surface area (Å²) in [5, 5.41) is 21.9. The Bertz CT molecular complexity index is 1050. The molecular formula is C16H13BrClFN6O3. The van der Waals surface area contributed by atoms with Crippen molar-refractivity contribution in [3.8, 4) is 0 Å².